The third kappa shape index (κ3) is 4.93. The summed E-state index contributed by atoms with van der Waals surface area (Å²) in [6.07, 6.45) is 0.0303. The van der Waals surface area contributed by atoms with Crippen LogP contribution in [-0.4, -0.2) is 60.1 Å². The van der Waals surface area contributed by atoms with Gasteiger partial charge in [-0.05, 0) is 19.8 Å². The molecule has 1 fully saturated rings. The Labute approximate surface area is 151 Å². The number of hydrogen-bond donors (Lipinski definition) is 2. The summed E-state index contributed by atoms with van der Waals surface area (Å²) in [4.78, 5) is 60.2. The Kier molecular flexibility index (Phi) is 7.54. The monoisotopic (exact) mass is 371 g/mol. The average Bonchev–Trinajstić information content (AvgIpc) is 2.79. The first-order valence-corrected chi connectivity index (χ1v) is 8.43. The molecule has 5 amide bonds. The van der Waals surface area contributed by atoms with Gasteiger partial charge in [-0.15, -0.1) is 0 Å². The summed E-state index contributed by atoms with van der Waals surface area (Å²) in [5.41, 5.74) is -1.01. The minimum atomic E-state index is -1.29. The van der Waals surface area contributed by atoms with E-state index in [1.807, 2.05) is 19.2 Å². The second kappa shape index (κ2) is 9.16. The molecule has 1 rings (SSSR count). The highest BCUT2D eigenvalue weighted by Gasteiger charge is 2.50. The van der Waals surface area contributed by atoms with Crippen molar-refractivity contribution in [3.63, 3.8) is 0 Å². The van der Waals surface area contributed by atoms with Crippen LogP contribution in [0.1, 0.15) is 46.5 Å². The zero-order chi connectivity index (χ0) is 19.9. The molecule has 0 spiro atoms. The summed E-state index contributed by atoms with van der Waals surface area (Å²) in [7, 11) is 1.08. The van der Waals surface area contributed by atoms with Gasteiger partial charge < -0.3 is 14.8 Å². The molecule has 0 aromatic carbocycles. The molecule has 0 radical (unpaired) electrons. The lowest BCUT2D eigenvalue weighted by Crippen LogP contribution is -2.47. The number of carbonyl (C=O) groups is 5. The van der Waals surface area contributed by atoms with Crippen molar-refractivity contribution in [2.24, 2.45) is 0 Å². The molecule has 10 nitrogen and oxygen atoms in total. The molecule has 1 saturated heterocycles. The van der Waals surface area contributed by atoms with Gasteiger partial charge in [0.2, 0.25) is 0 Å². The van der Waals surface area contributed by atoms with Gasteiger partial charge in [-0.1, -0.05) is 26.7 Å². The van der Waals surface area contributed by atoms with Crippen molar-refractivity contribution in [3.8, 4) is 0 Å². The van der Waals surface area contributed by atoms with Gasteiger partial charge >= 0.3 is 18.1 Å². The van der Waals surface area contributed by atoms with E-state index in [2.05, 4.69) is 10.1 Å². The highest BCUT2D eigenvalue weighted by molar-refractivity contribution is 6.08. The maximum atomic E-state index is 12.7. The first-order valence-electron chi connectivity index (χ1n) is 8.43. The fraction of sp³-hybridized carbons (Fsp3) is 0.688. The number of urea groups is 1. The van der Waals surface area contributed by atoms with Gasteiger partial charge in [0.1, 0.15) is 12.1 Å². The van der Waals surface area contributed by atoms with Gasteiger partial charge in [0.05, 0.1) is 7.11 Å². The summed E-state index contributed by atoms with van der Waals surface area (Å²) < 4.78 is 9.13. The second-order valence-corrected chi connectivity index (χ2v) is 6.02. The Bertz CT molecular complexity index is 584. The van der Waals surface area contributed by atoms with Crippen LogP contribution in [0, 0.1) is 0 Å². The number of esters is 1. The van der Waals surface area contributed by atoms with Crippen LogP contribution < -0.4 is 10.6 Å². The van der Waals surface area contributed by atoms with Gasteiger partial charge in [-0.25, -0.2) is 9.59 Å². The summed E-state index contributed by atoms with van der Waals surface area (Å²) >= 11 is 0. The van der Waals surface area contributed by atoms with E-state index in [1.54, 1.807) is 0 Å². The lowest BCUT2D eigenvalue weighted by Gasteiger charge is -2.25. The van der Waals surface area contributed by atoms with Gasteiger partial charge in [-0.2, -0.15) is 0 Å². The van der Waals surface area contributed by atoms with E-state index < -0.39 is 48.1 Å². The molecule has 26 heavy (non-hydrogen) atoms. The number of nitrogens with zero attached hydrogens (tertiary/aromatic N) is 1. The first-order chi connectivity index (χ1) is 12.2. The summed E-state index contributed by atoms with van der Waals surface area (Å²) in [5, 5.41) is 4.53. The number of imide groups is 2. The maximum Gasteiger partial charge on any atom is 0.413 e. The Balaban J connectivity index is 2.71. The Morgan fingerprint density at radius 2 is 1.77 bits per heavy atom. The lowest BCUT2D eigenvalue weighted by atomic mass is 9.88. The average molecular weight is 371 g/mol. The minimum Gasteiger partial charge on any atom is -0.453 e. The molecule has 0 saturated carbocycles. The van der Waals surface area contributed by atoms with E-state index >= 15 is 0 Å². The van der Waals surface area contributed by atoms with E-state index in [-0.39, 0.29) is 0 Å². The number of hydrogen-bond acceptors (Lipinski definition) is 7. The fourth-order valence-corrected chi connectivity index (χ4v) is 2.81. The van der Waals surface area contributed by atoms with Crippen molar-refractivity contribution in [2.45, 2.75) is 58.1 Å². The number of amides is 5. The van der Waals surface area contributed by atoms with Crippen molar-refractivity contribution in [3.05, 3.63) is 0 Å². The maximum absolute atomic E-state index is 12.7. The Morgan fingerprint density at radius 3 is 2.27 bits per heavy atom. The van der Waals surface area contributed by atoms with Crippen molar-refractivity contribution in [2.75, 3.05) is 13.7 Å². The lowest BCUT2D eigenvalue weighted by molar-refractivity contribution is -0.156. The first kappa shape index (κ1) is 21.4. The number of ether oxygens (including phenoxy) is 2. The molecule has 1 atom stereocenters. The topological polar surface area (TPSA) is 131 Å². The van der Waals surface area contributed by atoms with Crippen molar-refractivity contribution in [1.29, 1.82) is 0 Å². The summed E-state index contributed by atoms with van der Waals surface area (Å²) in [5.74, 6) is -2.30. The largest absolute Gasteiger partial charge is 0.453 e. The normalized spacial score (nSPS) is 16.7. The van der Waals surface area contributed by atoms with E-state index in [0.29, 0.717) is 25.7 Å². The second-order valence-electron chi connectivity index (χ2n) is 6.02. The zero-order valence-electron chi connectivity index (χ0n) is 15.4. The highest BCUT2D eigenvalue weighted by Crippen LogP contribution is 2.27. The van der Waals surface area contributed by atoms with E-state index in [9.17, 15) is 24.0 Å². The van der Waals surface area contributed by atoms with Crippen LogP contribution in [0.25, 0.3) is 0 Å². The van der Waals surface area contributed by atoms with Crippen molar-refractivity contribution >= 4 is 29.9 Å². The predicted molar refractivity (Wildman–Crippen MR) is 88.9 cm³/mol. The smallest absolute Gasteiger partial charge is 0.413 e. The molecule has 10 heteroatoms. The number of methoxy groups -OCH3 is 1. The molecular weight excluding hydrogens is 346 g/mol. The number of rotatable bonds is 8. The van der Waals surface area contributed by atoms with Gasteiger partial charge in [-0.3, -0.25) is 24.6 Å². The molecule has 146 valence electrons. The van der Waals surface area contributed by atoms with Gasteiger partial charge in [0.25, 0.3) is 11.8 Å². The SMILES string of the molecule is CCCC1(CCC)NC(=O)N(CC(=O)O[C@H](C)C(=O)NC(=O)OC)C1=O. The molecule has 0 bridgehead atoms. The molecule has 0 aromatic rings. The standard InChI is InChI=1S/C16H25N3O7/c1-5-7-16(8-6-2)13(22)19(14(23)18-16)9-11(20)26-10(3)12(21)17-15(24)25-4/h10H,5-9H2,1-4H3,(H,18,23)(H,17,21,24)/t10-/m1/s1. The predicted octanol–water partition coefficient (Wildman–Crippen LogP) is 0.692. The fourth-order valence-electron chi connectivity index (χ4n) is 2.81. The number of alkyl carbamates (subject to hydrolysis) is 1. The summed E-state index contributed by atoms with van der Waals surface area (Å²) in [6.45, 7) is 4.43. The molecule has 1 aliphatic rings. The van der Waals surface area contributed by atoms with E-state index in [4.69, 9.17) is 4.74 Å². The Hall–Kier alpha value is -2.65. The van der Waals surface area contributed by atoms with Crippen LogP contribution in [0.15, 0.2) is 0 Å². The van der Waals surface area contributed by atoms with E-state index in [1.165, 1.54) is 6.92 Å². The molecule has 0 aromatic heterocycles. The quantitative estimate of drug-likeness (QED) is 0.474. The third-order valence-corrected chi connectivity index (χ3v) is 3.97. The molecule has 2 N–H and O–H groups in total. The van der Waals surface area contributed by atoms with Crippen LogP contribution in [-0.2, 0) is 23.9 Å². The van der Waals surface area contributed by atoms with Crippen LogP contribution in [0.3, 0.4) is 0 Å². The van der Waals surface area contributed by atoms with Crippen LogP contribution in [0.5, 0.6) is 0 Å². The Morgan fingerprint density at radius 1 is 1.19 bits per heavy atom. The molecule has 1 heterocycles. The molecule has 0 unspecified atom stereocenters. The number of nitrogens with one attached hydrogen (secondary N) is 2. The molecule has 1 aliphatic heterocycles. The van der Waals surface area contributed by atoms with Crippen molar-refractivity contribution in [1.82, 2.24) is 15.5 Å². The van der Waals surface area contributed by atoms with Gasteiger partial charge in [0.15, 0.2) is 6.10 Å². The number of carbonyl (C=O) groups excluding carboxylic acids is 5. The minimum absolute atomic E-state index is 0.467. The summed E-state index contributed by atoms with van der Waals surface area (Å²) in [6, 6.07) is -0.666. The zero-order valence-corrected chi connectivity index (χ0v) is 15.4. The third-order valence-electron chi connectivity index (χ3n) is 3.97. The van der Waals surface area contributed by atoms with E-state index in [0.717, 1.165) is 12.0 Å². The highest BCUT2D eigenvalue weighted by atomic mass is 16.6. The van der Waals surface area contributed by atoms with Gasteiger partial charge in [0, 0.05) is 0 Å². The van der Waals surface area contributed by atoms with Crippen LogP contribution >= 0.6 is 0 Å². The van der Waals surface area contributed by atoms with Crippen LogP contribution in [0.4, 0.5) is 9.59 Å². The van der Waals surface area contributed by atoms with Crippen LogP contribution in [0.2, 0.25) is 0 Å². The molecule has 0 aliphatic carbocycles. The molecular formula is C16H25N3O7. The van der Waals surface area contributed by atoms with Crippen molar-refractivity contribution < 1.29 is 33.4 Å².